The van der Waals surface area contributed by atoms with Crippen LogP contribution < -0.4 is 16.2 Å². The third-order valence-corrected chi connectivity index (χ3v) is 2.42. The number of amides is 1. The molecular weight excluding hydrogens is 236 g/mol. The molecule has 98 valence electrons. The molecule has 0 fully saturated rings. The smallest absolute Gasteiger partial charge is 0.344 e. The summed E-state index contributed by atoms with van der Waals surface area (Å²) in [6, 6.07) is 4.78. The predicted molar refractivity (Wildman–Crippen MR) is 66.1 cm³/mol. The average Bonchev–Trinajstić information content (AvgIpc) is 2.34. The lowest BCUT2D eigenvalue weighted by atomic mass is 10.1. The first-order valence-corrected chi connectivity index (χ1v) is 5.44. The fourth-order valence-electron chi connectivity index (χ4n) is 1.47. The lowest BCUT2D eigenvalue weighted by molar-refractivity contribution is -0.126. The molecule has 4 N–H and O–H groups in total. The SMILES string of the molecule is CCC(OC(=O)c1c(N)cccc1OC)C(N)=O. The second kappa shape index (κ2) is 5.90. The van der Waals surface area contributed by atoms with Gasteiger partial charge in [-0.25, -0.2) is 4.79 Å². The van der Waals surface area contributed by atoms with Crippen LogP contribution in [0.1, 0.15) is 23.7 Å². The van der Waals surface area contributed by atoms with Gasteiger partial charge in [-0.05, 0) is 18.6 Å². The van der Waals surface area contributed by atoms with Crippen molar-refractivity contribution in [3.05, 3.63) is 23.8 Å². The van der Waals surface area contributed by atoms with Crippen molar-refractivity contribution < 1.29 is 19.1 Å². The van der Waals surface area contributed by atoms with Crippen LogP contribution in [0.25, 0.3) is 0 Å². The summed E-state index contributed by atoms with van der Waals surface area (Å²) >= 11 is 0. The van der Waals surface area contributed by atoms with E-state index in [-0.39, 0.29) is 11.3 Å². The molecule has 0 saturated carbocycles. The molecule has 6 nitrogen and oxygen atoms in total. The number of nitrogen functional groups attached to an aromatic ring is 1. The molecule has 1 rings (SSSR count). The Bertz CT molecular complexity index is 459. The van der Waals surface area contributed by atoms with Gasteiger partial charge >= 0.3 is 5.97 Å². The van der Waals surface area contributed by atoms with Gasteiger partial charge in [-0.15, -0.1) is 0 Å². The standard InChI is InChI=1S/C12H16N2O4/c1-3-8(11(14)15)18-12(16)10-7(13)5-4-6-9(10)17-2/h4-6,8H,3,13H2,1-2H3,(H2,14,15). The first-order chi connectivity index (χ1) is 8.51. The Labute approximate surface area is 105 Å². The molecule has 0 spiro atoms. The van der Waals surface area contributed by atoms with E-state index in [1.165, 1.54) is 7.11 Å². The highest BCUT2D eigenvalue weighted by atomic mass is 16.5. The van der Waals surface area contributed by atoms with Gasteiger partial charge in [0.15, 0.2) is 6.10 Å². The molecule has 18 heavy (non-hydrogen) atoms. The number of primary amides is 1. The third-order valence-electron chi connectivity index (χ3n) is 2.42. The minimum absolute atomic E-state index is 0.0969. The zero-order valence-electron chi connectivity index (χ0n) is 10.3. The molecule has 0 bridgehead atoms. The average molecular weight is 252 g/mol. The van der Waals surface area contributed by atoms with Gasteiger partial charge in [0.2, 0.25) is 0 Å². The number of benzene rings is 1. The summed E-state index contributed by atoms with van der Waals surface area (Å²) in [5, 5.41) is 0. The lowest BCUT2D eigenvalue weighted by Gasteiger charge is -2.15. The number of carbonyl (C=O) groups excluding carboxylic acids is 2. The molecule has 0 aliphatic rings. The van der Waals surface area contributed by atoms with Crippen LogP contribution in [0.4, 0.5) is 5.69 Å². The van der Waals surface area contributed by atoms with Gasteiger partial charge in [0.05, 0.1) is 7.11 Å². The summed E-state index contributed by atoms with van der Waals surface area (Å²) in [6.45, 7) is 1.69. The molecule has 1 aromatic carbocycles. The van der Waals surface area contributed by atoms with Crippen molar-refractivity contribution in [3.8, 4) is 5.75 Å². The van der Waals surface area contributed by atoms with Crippen LogP contribution in [0.15, 0.2) is 18.2 Å². The van der Waals surface area contributed by atoms with Crippen molar-refractivity contribution >= 4 is 17.6 Å². The van der Waals surface area contributed by atoms with Crippen LogP contribution in [0.2, 0.25) is 0 Å². The highest BCUT2D eigenvalue weighted by molar-refractivity contribution is 5.99. The molecular formula is C12H16N2O4. The topological polar surface area (TPSA) is 105 Å². The van der Waals surface area contributed by atoms with Gasteiger partial charge in [-0.3, -0.25) is 4.79 Å². The van der Waals surface area contributed by atoms with Crippen LogP contribution >= 0.6 is 0 Å². The van der Waals surface area contributed by atoms with E-state index >= 15 is 0 Å². The van der Waals surface area contributed by atoms with E-state index in [1.54, 1.807) is 25.1 Å². The van der Waals surface area contributed by atoms with E-state index in [0.717, 1.165) is 0 Å². The molecule has 0 radical (unpaired) electrons. The van der Waals surface area contributed by atoms with E-state index in [2.05, 4.69) is 0 Å². The monoisotopic (exact) mass is 252 g/mol. The maximum absolute atomic E-state index is 11.9. The molecule has 0 heterocycles. The molecule has 0 aromatic heterocycles. The van der Waals surface area contributed by atoms with E-state index in [4.69, 9.17) is 20.9 Å². The first-order valence-electron chi connectivity index (χ1n) is 5.44. The second-order valence-electron chi connectivity index (χ2n) is 3.63. The summed E-state index contributed by atoms with van der Waals surface area (Å²) in [6.07, 6.45) is -0.669. The molecule has 0 aliphatic carbocycles. The summed E-state index contributed by atoms with van der Waals surface area (Å²) in [4.78, 5) is 22.9. The Morgan fingerprint density at radius 1 is 1.39 bits per heavy atom. The van der Waals surface area contributed by atoms with Crippen molar-refractivity contribution in [1.29, 1.82) is 0 Å². The summed E-state index contributed by atoms with van der Waals surface area (Å²) in [7, 11) is 1.41. The van der Waals surface area contributed by atoms with E-state index < -0.39 is 18.0 Å². The number of anilines is 1. The normalized spacial score (nSPS) is 11.7. The van der Waals surface area contributed by atoms with Crippen LogP contribution in [0.5, 0.6) is 5.75 Å². The quantitative estimate of drug-likeness (QED) is 0.592. The summed E-state index contributed by atoms with van der Waals surface area (Å²) in [5.74, 6) is -1.13. The van der Waals surface area contributed by atoms with E-state index in [9.17, 15) is 9.59 Å². The fraction of sp³-hybridized carbons (Fsp3) is 0.333. The number of carbonyl (C=O) groups is 2. The Morgan fingerprint density at radius 3 is 2.56 bits per heavy atom. The Hall–Kier alpha value is -2.24. The molecule has 1 atom stereocenters. The van der Waals surface area contributed by atoms with Crippen molar-refractivity contribution in [2.75, 3.05) is 12.8 Å². The number of esters is 1. The van der Waals surface area contributed by atoms with Gasteiger partial charge in [0, 0.05) is 5.69 Å². The van der Waals surface area contributed by atoms with Gasteiger partial charge in [-0.1, -0.05) is 13.0 Å². The molecule has 0 saturated heterocycles. The molecule has 0 aliphatic heterocycles. The summed E-state index contributed by atoms with van der Waals surface area (Å²) < 4.78 is 10.0. The van der Waals surface area contributed by atoms with Crippen LogP contribution in [-0.4, -0.2) is 25.1 Å². The fourth-order valence-corrected chi connectivity index (χ4v) is 1.47. The molecule has 1 aromatic rings. The number of methoxy groups -OCH3 is 1. The molecule has 1 amide bonds. The Kier molecular flexibility index (Phi) is 4.53. The minimum Gasteiger partial charge on any atom is -0.496 e. The Balaban J connectivity index is 3.00. The highest BCUT2D eigenvalue weighted by Crippen LogP contribution is 2.25. The second-order valence-corrected chi connectivity index (χ2v) is 3.63. The van der Waals surface area contributed by atoms with Crippen molar-refractivity contribution in [3.63, 3.8) is 0 Å². The summed E-state index contributed by atoms with van der Waals surface area (Å²) in [5.41, 5.74) is 11.1. The largest absolute Gasteiger partial charge is 0.496 e. The molecule has 6 heteroatoms. The van der Waals surface area contributed by atoms with Gasteiger partial charge in [0.25, 0.3) is 5.91 Å². The minimum atomic E-state index is -0.971. The third kappa shape index (κ3) is 2.91. The van der Waals surface area contributed by atoms with E-state index in [1.807, 2.05) is 0 Å². The number of ether oxygens (including phenoxy) is 2. The first kappa shape index (κ1) is 13.8. The van der Waals surface area contributed by atoms with Gasteiger partial charge < -0.3 is 20.9 Å². The van der Waals surface area contributed by atoms with Crippen LogP contribution in [0, 0.1) is 0 Å². The van der Waals surface area contributed by atoms with Gasteiger partial charge in [-0.2, -0.15) is 0 Å². The number of hydrogen-bond acceptors (Lipinski definition) is 5. The highest BCUT2D eigenvalue weighted by Gasteiger charge is 2.23. The predicted octanol–water partition coefficient (Wildman–Crippen LogP) is 0.698. The van der Waals surface area contributed by atoms with Gasteiger partial charge in [0.1, 0.15) is 11.3 Å². The maximum atomic E-state index is 11.9. The van der Waals surface area contributed by atoms with Crippen molar-refractivity contribution in [2.45, 2.75) is 19.4 Å². The lowest BCUT2D eigenvalue weighted by Crippen LogP contribution is -2.32. The molecule has 1 unspecified atom stereocenters. The number of rotatable bonds is 5. The van der Waals surface area contributed by atoms with Crippen LogP contribution in [-0.2, 0) is 9.53 Å². The van der Waals surface area contributed by atoms with Crippen molar-refractivity contribution in [2.24, 2.45) is 5.73 Å². The van der Waals surface area contributed by atoms with Crippen LogP contribution in [0.3, 0.4) is 0 Å². The zero-order chi connectivity index (χ0) is 13.7. The zero-order valence-corrected chi connectivity index (χ0v) is 10.3. The number of nitrogens with two attached hydrogens (primary N) is 2. The maximum Gasteiger partial charge on any atom is 0.344 e. The Morgan fingerprint density at radius 2 is 2.06 bits per heavy atom. The van der Waals surface area contributed by atoms with E-state index in [0.29, 0.717) is 12.2 Å². The number of hydrogen-bond donors (Lipinski definition) is 2. The van der Waals surface area contributed by atoms with Crippen molar-refractivity contribution in [1.82, 2.24) is 0 Å².